The highest BCUT2D eigenvalue weighted by molar-refractivity contribution is 7.92. The van der Waals surface area contributed by atoms with Crippen LogP contribution in [0.1, 0.15) is 29.2 Å². The SMILES string of the molecule is C=Cc1ccc2c(c1)S(=O)(=O)N(C)c1ccccc1C2NCCC=O. The summed E-state index contributed by atoms with van der Waals surface area (Å²) in [4.78, 5) is 10.9. The molecule has 0 spiro atoms. The van der Waals surface area contributed by atoms with Crippen molar-refractivity contribution in [3.05, 3.63) is 65.7 Å². The molecule has 1 aliphatic heterocycles. The second-order valence-electron chi connectivity index (χ2n) is 5.88. The lowest BCUT2D eigenvalue weighted by atomic mass is 9.96. The number of nitrogens with zero attached hydrogens (tertiary/aromatic N) is 1. The first kappa shape index (κ1) is 17.4. The maximum Gasteiger partial charge on any atom is 0.264 e. The molecule has 1 N–H and O–H groups in total. The van der Waals surface area contributed by atoms with Gasteiger partial charge < -0.3 is 10.1 Å². The van der Waals surface area contributed by atoms with Crippen LogP contribution in [0.2, 0.25) is 0 Å². The van der Waals surface area contributed by atoms with Gasteiger partial charge in [-0.05, 0) is 28.8 Å². The first-order chi connectivity index (χ1) is 12.0. The minimum absolute atomic E-state index is 0.257. The van der Waals surface area contributed by atoms with Gasteiger partial charge in [-0.25, -0.2) is 8.42 Å². The second-order valence-corrected chi connectivity index (χ2v) is 7.81. The number of carbonyl (C=O) groups excluding carboxylic acids is 1. The highest BCUT2D eigenvalue weighted by atomic mass is 32.2. The van der Waals surface area contributed by atoms with Gasteiger partial charge in [-0.2, -0.15) is 0 Å². The Bertz CT molecular complexity index is 922. The number of fused-ring (bicyclic) bond motifs is 2. The number of rotatable bonds is 5. The van der Waals surface area contributed by atoms with Crippen molar-refractivity contribution in [3.8, 4) is 0 Å². The van der Waals surface area contributed by atoms with Crippen LogP contribution in [0.5, 0.6) is 0 Å². The zero-order valence-electron chi connectivity index (χ0n) is 14.0. The van der Waals surface area contributed by atoms with Crippen LogP contribution in [-0.2, 0) is 14.8 Å². The van der Waals surface area contributed by atoms with E-state index in [0.29, 0.717) is 24.2 Å². The highest BCUT2D eigenvalue weighted by Crippen LogP contribution is 2.40. The van der Waals surface area contributed by atoms with Crippen LogP contribution in [-0.4, -0.2) is 28.3 Å². The van der Waals surface area contributed by atoms with Crippen LogP contribution in [0.4, 0.5) is 5.69 Å². The Morgan fingerprint density at radius 3 is 2.68 bits per heavy atom. The van der Waals surface area contributed by atoms with E-state index < -0.39 is 10.0 Å². The molecule has 0 aromatic heterocycles. The Morgan fingerprint density at radius 2 is 1.96 bits per heavy atom. The Kier molecular flexibility index (Phi) is 4.74. The number of hydrogen-bond donors (Lipinski definition) is 1. The van der Waals surface area contributed by atoms with E-state index in [2.05, 4.69) is 11.9 Å². The van der Waals surface area contributed by atoms with E-state index in [1.165, 1.54) is 4.31 Å². The number of para-hydroxylation sites is 1. The third-order valence-corrected chi connectivity index (χ3v) is 6.25. The van der Waals surface area contributed by atoms with Gasteiger partial charge in [0, 0.05) is 20.0 Å². The van der Waals surface area contributed by atoms with Gasteiger partial charge in [0.05, 0.1) is 16.6 Å². The van der Waals surface area contributed by atoms with Gasteiger partial charge in [0.1, 0.15) is 6.29 Å². The third-order valence-electron chi connectivity index (χ3n) is 4.42. The minimum Gasteiger partial charge on any atom is -0.306 e. The van der Waals surface area contributed by atoms with Crippen LogP contribution in [0.3, 0.4) is 0 Å². The fourth-order valence-corrected chi connectivity index (χ4v) is 4.60. The summed E-state index contributed by atoms with van der Waals surface area (Å²) in [6.45, 7) is 4.19. The quantitative estimate of drug-likeness (QED) is 0.661. The van der Waals surface area contributed by atoms with Gasteiger partial charge in [-0.3, -0.25) is 4.31 Å². The lowest BCUT2D eigenvalue weighted by Gasteiger charge is -2.21. The average molecular weight is 356 g/mol. The first-order valence-corrected chi connectivity index (χ1v) is 9.46. The van der Waals surface area contributed by atoms with Gasteiger partial charge in [0.2, 0.25) is 0 Å². The van der Waals surface area contributed by atoms with Crippen LogP contribution in [0.15, 0.2) is 53.9 Å². The number of sulfonamides is 1. The van der Waals surface area contributed by atoms with Gasteiger partial charge in [0.25, 0.3) is 10.0 Å². The smallest absolute Gasteiger partial charge is 0.264 e. The molecule has 0 bridgehead atoms. The molecule has 0 saturated carbocycles. The molecule has 2 aromatic rings. The molecule has 0 fully saturated rings. The predicted octanol–water partition coefficient (Wildman–Crippen LogP) is 2.74. The number of hydrogen-bond acceptors (Lipinski definition) is 4. The summed E-state index contributed by atoms with van der Waals surface area (Å²) in [6.07, 6.45) is 2.84. The van der Waals surface area contributed by atoms with E-state index in [4.69, 9.17) is 0 Å². The molecule has 1 aliphatic rings. The van der Waals surface area contributed by atoms with Crippen LogP contribution in [0.25, 0.3) is 6.08 Å². The molecule has 6 heteroatoms. The number of aldehydes is 1. The van der Waals surface area contributed by atoms with Crippen molar-refractivity contribution in [3.63, 3.8) is 0 Å². The largest absolute Gasteiger partial charge is 0.306 e. The molecule has 25 heavy (non-hydrogen) atoms. The highest BCUT2D eigenvalue weighted by Gasteiger charge is 2.34. The molecule has 130 valence electrons. The normalized spacial score (nSPS) is 18.0. The summed E-state index contributed by atoms with van der Waals surface area (Å²) < 4.78 is 27.6. The van der Waals surface area contributed by atoms with Crippen LogP contribution >= 0.6 is 0 Å². The van der Waals surface area contributed by atoms with Crippen LogP contribution in [0, 0.1) is 0 Å². The van der Waals surface area contributed by atoms with Gasteiger partial charge >= 0.3 is 0 Å². The Hall–Kier alpha value is -2.44. The molecule has 1 heterocycles. The topological polar surface area (TPSA) is 66.5 Å². The van der Waals surface area contributed by atoms with Crippen molar-refractivity contribution in [2.24, 2.45) is 0 Å². The fourth-order valence-electron chi connectivity index (χ4n) is 3.11. The van der Waals surface area contributed by atoms with Crippen molar-refractivity contribution in [1.82, 2.24) is 5.32 Å². The van der Waals surface area contributed by atoms with E-state index in [-0.39, 0.29) is 10.9 Å². The molecule has 0 aliphatic carbocycles. The molecular weight excluding hydrogens is 336 g/mol. The first-order valence-electron chi connectivity index (χ1n) is 8.02. The van der Waals surface area contributed by atoms with E-state index >= 15 is 0 Å². The Balaban J connectivity index is 2.27. The van der Waals surface area contributed by atoms with Crippen molar-refractivity contribution < 1.29 is 13.2 Å². The third kappa shape index (κ3) is 2.99. The van der Waals surface area contributed by atoms with Crippen molar-refractivity contribution in [1.29, 1.82) is 0 Å². The van der Waals surface area contributed by atoms with Gasteiger partial charge in [-0.1, -0.05) is 43.0 Å². The maximum atomic E-state index is 13.1. The zero-order valence-corrected chi connectivity index (χ0v) is 14.8. The van der Waals surface area contributed by atoms with Crippen molar-refractivity contribution >= 4 is 28.1 Å². The summed E-state index contributed by atoms with van der Waals surface area (Å²) in [6, 6.07) is 12.4. The standard InChI is InChI=1S/C19H20N2O3S/c1-3-14-9-10-16-18(13-14)25(23,24)21(2)17-8-5-4-7-15(17)19(16)20-11-6-12-22/h3-5,7-10,12-13,19-20H,1,6,11H2,2H3. The van der Waals surface area contributed by atoms with E-state index in [1.807, 2.05) is 30.3 Å². The molecule has 1 atom stereocenters. The number of anilines is 1. The van der Waals surface area contributed by atoms with Gasteiger partial charge in [0.15, 0.2) is 0 Å². The molecule has 3 rings (SSSR count). The molecule has 1 unspecified atom stereocenters. The summed E-state index contributed by atoms with van der Waals surface area (Å²) in [5.41, 5.74) is 2.91. The van der Waals surface area contributed by atoms with Gasteiger partial charge in [-0.15, -0.1) is 0 Å². The van der Waals surface area contributed by atoms with E-state index in [0.717, 1.165) is 17.4 Å². The Labute approximate surface area is 148 Å². The minimum atomic E-state index is -3.69. The number of nitrogens with one attached hydrogen (secondary N) is 1. The van der Waals surface area contributed by atoms with Crippen molar-refractivity contribution in [2.75, 3.05) is 17.9 Å². The lowest BCUT2D eigenvalue weighted by Crippen LogP contribution is -2.26. The molecule has 0 amide bonds. The number of carbonyl (C=O) groups is 1. The molecule has 0 radical (unpaired) electrons. The summed E-state index contributed by atoms with van der Waals surface area (Å²) in [5, 5.41) is 3.32. The molecule has 2 aromatic carbocycles. The number of benzene rings is 2. The van der Waals surface area contributed by atoms with Crippen molar-refractivity contribution in [2.45, 2.75) is 17.4 Å². The second kappa shape index (κ2) is 6.82. The summed E-state index contributed by atoms with van der Waals surface area (Å²) in [7, 11) is -2.13. The van der Waals surface area contributed by atoms with Crippen LogP contribution < -0.4 is 9.62 Å². The average Bonchev–Trinajstić information content (AvgIpc) is 2.70. The monoisotopic (exact) mass is 356 g/mol. The fraction of sp³-hybridized carbons (Fsp3) is 0.211. The zero-order chi connectivity index (χ0) is 18.0. The maximum absolute atomic E-state index is 13.1. The predicted molar refractivity (Wildman–Crippen MR) is 99.1 cm³/mol. The molecule has 5 nitrogen and oxygen atoms in total. The lowest BCUT2D eigenvalue weighted by molar-refractivity contribution is -0.107. The molecular formula is C19H20N2O3S. The van der Waals surface area contributed by atoms with E-state index in [9.17, 15) is 13.2 Å². The summed E-state index contributed by atoms with van der Waals surface area (Å²) in [5.74, 6) is 0. The molecule has 0 saturated heterocycles. The van der Waals surface area contributed by atoms with E-state index in [1.54, 1.807) is 25.3 Å². The Morgan fingerprint density at radius 1 is 1.20 bits per heavy atom. The summed E-state index contributed by atoms with van der Waals surface area (Å²) >= 11 is 0.